The van der Waals surface area contributed by atoms with E-state index in [9.17, 15) is 22.4 Å². The normalized spacial score (nSPS) is 12.7. The van der Waals surface area contributed by atoms with Crippen molar-refractivity contribution in [3.8, 4) is 5.75 Å². The molecule has 0 bridgehead atoms. The first-order valence-corrected chi connectivity index (χ1v) is 6.09. The third-order valence-corrected chi connectivity index (χ3v) is 2.83. The number of hydrogen-bond donors (Lipinski definition) is 1. The molecule has 0 amide bonds. The van der Waals surface area contributed by atoms with Gasteiger partial charge in [0.2, 0.25) is 6.10 Å². The van der Waals surface area contributed by atoms with E-state index in [1.54, 1.807) is 0 Å². The van der Waals surface area contributed by atoms with Gasteiger partial charge in [-0.05, 0) is 36.4 Å². The Bertz CT molecular complexity index is 648. The van der Waals surface area contributed by atoms with Crippen LogP contribution in [0.2, 0.25) is 0 Å². The first-order chi connectivity index (χ1) is 10.3. The standard InChI is InChI=1S/C15H10F4O3/c16-11-5-7-12(8-6-11)22-13(14(20)21)9-1-3-10(4-2-9)15(17,18)19/h1-8,13H,(H,20,21)/t13-/m0/s1. The van der Waals surface area contributed by atoms with Gasteiger partial charge in [0.25, 0.3) is 0 Å². The largest absolute Gasteiger partial charge is 0.478 e. The van der Waals surface area contributed by atoms with Crippen molar-refractivity contribution in [2.24, 2.45) is 0 Å². The number of carboxylic acid groups (broad SMARTS) is 1. The van der Waals surface area contributed by atoms with Gasteiger partial charge in [0, 0.05) is 5.56 Å². The molecule has 3 nitrogen and oxygen atoms in total. The Morgan fingerprint density at radius 3 is 2.00 bits per heavy atom. The topological polar surface area (TPSA) is 46.5 Å². The molecule has 0 spiro atoms. The molecule has 0 heterocycles. The van der Waals surface area contributed by atoms with E-state index in [0.29, 0.717) is 0 Å². The average molecular weight is 314 g/mol. The number of ether oxygens (including phenoxy) is 1. The van der Waals surface area contributed by atoms with Gasteiger partial charge < -0.3 is 9.84 Å². The molecule has 0 unspecified atom stereocenters. The zero-order valence-corrected chi connectivity index (χ0v) is 11.0. The van der Waals surface area contributed by atoms with Crippen molar-refractivity contribution in [2.45, 2.75) is 12.3 Å². The van der Waals surface area contributed by atoms with Crippen LogP contribution in [0.4, 0.5) is 17.6 Å². The quantitative estimate of drug-likeness (QED) is 0.866. The maximum atomic E-state index is 12.8. The van der Waals surface area contributed by atoms with Crippen molar-refractivity contribution in [1.29, 1.82) is 0 Å². The highest BCUT2D eigenvalue weighted by Crippen LogP contribution is 2.31. The Kier molecular flexibility index (Phi) is 4.35. The Morgan fingerprint density at radius 1 is 1.00 bits per heavy atom. The number of benzene rings is 2. The van der Waals surface area contributed by atoms with Gasteiger partial charge >= 0.3 is 12.1 Å². The zero-order chi connectivity index (χ0) is 16.3. The fourth-order valence-corrected chi connectivity index (χ4v) is 1.76. The van der Waals surface area contributed by atoms with Crippen LogP contribution in [0, 0.1) is 5.82 Å². The lowest BCUT2D eigenvalue weighted by molar-refractivity contribution is -0.145. The highest BCUT2D eigenvalue weighted by molar-refractivity contribution is 5.74. The molecule has 0 aliphatic carbocycles. The van der Waals surface area contributed by atoms with E-state index >= 15 is 0 Å². The fourth-order valence-electron chi connectivity index (χ4n) is 1.76. The number of hydrogen-bond acceptors (Lipinski definition) is 2. The van der Waals surface area contributed by atoms with Gasteiger partial charge in [-0.25, -0.2) is 9.18 Å². The Hall–Kier alpha value is -2.57. The number of halogens is 4. The van der Waals surface area contributed by atoms with Crippen molar-refractivity contribution < 1.29 is 32.2 Å². The minimum Gasteiger partial charge on any atom is -0.478 e. The molecule has 22 heavy (non-hydrogen) atoms. The molecule has 0 aliphatic rings. The van der Waals surface area contributed by atoms with Crippen LogP contribution in [0.3, 0.4) is 0 Å². The highest BCUT2D eigenvalue weighted by Gasteiger charge is 2.31. The molecule has 0 saturated heterocycles. The molecule has 0 fully saturated rings. The molecule has 0 radical (unpaired) electrons. The number of rotatable bonds is 4. The minimum absolute atomic E-state index is 0.0461. The lowest BCUT2D eigenvalue weighted by Gasteiger charge is -2.16. The summed E-state index contributed by atoms with van der Waals surface area (Å²) < 4.78 is 55.4. The van der Waals surface area contributed by atoms with E-state index in [4.69, 9.17) is 9.84 Å². The molecular formula is C15H10F4O3. The van der Waals surface area contributed by atoms with E-state index in [0.717, 1.165) is 36.4 Å². The Labute approximate surface area is 122 Å². The van der Waals surface area contributed by atoms with Gasteiger partial charge in [-0.2, -0.15) is 13.2 Å². The predicted octanol–water partition coefficient (Wildman–Crippen LogP) is 4.05. The first kappa shape index (κ1) is 15.8. The van der Waals surface area contributed by atoms with Gasteiger partial charge in [-0.3, -0.25) is 0 Å². The molecule has 0 aliphatic heterocycles. The van der Waals surface area contributed by atoms with Gasteiger partial charge in [0.05, 0.1) is 5.56 Å². The average Bonchev–Trinajstić information content (AvgIpc) is 2.45. The van der Waals surface area contributed by atoms with Crippen LogP contribution in [0.25, 0.3) is 0 Å². The van der Waals surface area contributed by atoms with E-state index in [-0.39, 0.29) is 11.3 Å². The monoisotopic (exact) mass is 314 g/mol. The third kappa shape index (κ3) is 3.75. The van der Waals surface area contributed by atoms with Crippen LogP contribution >= 0.6 is 0 Å². The maximum Gasteiger partial charge on any atom is 0.416 e. The van der Waals surface area contributed by atoms with Crippen LogP contribution in [0.1, 0.15) is 17.2 Å². The second-order valence-corrected chi connectivity index (χ2v) is 4.41. The van der Waals surface area contributed by atoms with Crippen LogP contribution < -0.4 is 4.74 Å². The molecule has 7 heteroatoms. The summed E-state index contributed by atoms with van der Waals surface area (Å²) in [5.41, 5.74) is -0.841. The van der Waals surface area contributed by atoms with Gasteiger partial charge in [0.15, 0.2) is 0 Å². The second kappa shape index (κ2) is 6.05. The molecule has 2 rings (SSSR count). The summed E-state index contributed by atoms with van der Waals surface area (Å²) in [6.07, 6.45) is -6.00. The smallest absolute Gasteiger partial charge is 0.416 e. The molecule has 0 saturated carbocycles. The number of alkyl halides is 3. The lowest BCUT2D eigenvalue weighted by Crippen LogP contribution is -2.18. The fraction of sp³-hybridized carbons (Fsp3) is 0.133. The highest BCUT2D eigenvalue weighted by atomic mass is 19.4. The summed E-state index contributed by atoms with van der Waals surface area (Å²) in [7, 11) is 0. The Morgan fingerprint density at radius 2 is 1.55 bits per heavy atom. The van der Waals surface area contributed by atoms with Crippen molar-refractivity contribution in [2.75, 3.05) is 0 Å². The van der Waals surface area contributed by atoms with Crippen molar-refractivity contribution >= 4 is 5.97 Å². The minimum atomic E-state index is -4.50. The summed E-state index contributed by atoms with van der Waals surface area (Å²) in [5.74, 6) is -1.80. The van der Waals surface area contributed by atoms with E-state index in [2.05, 4.69) is 0 Å². The zero-order valence-electron chi connectivity index (χ0n) is 11.0. The molecular weight excluding hydrogens is 304 g/mol. The molecule has 1 atom stereocenters. The summed E-state index contributed by atoms with van der Waals surface area (Å²) in [4.78, 5) is 11.2. The first-order valence-electron chi connectivity index (χ1n) is 6.09. The molecule has 2 aromatic rings. The second-order valence-electron chi connectivity index (χ2n) is 4.41. The molecule has 1 N–H and O–H groups in total. The predicted molar refractivity (Wildman–Crippen MR) is 68.8 cm³/mol. The van der Waals surface area contributed by atoms with E-state index < -0.39 is 29.6 Å². The van der Waals surface area contributed by atoms with E-state index in [1.165, 1.54) is 12.1 Å². The van der Waals surface area contributed by atoms with Gasteiger partial charge in [-0.1, -0.05) is 12.1 Å². The summed E-state index contributed by atoms with van der Waals surface area (Å²) in [5, 5.41) is 9.15. The third-order valence-electron chi connectivity index (χ3n) is 2.83. The Balaban J connectivity index is 2.24. The van der Waals surface area contributed by atoms with Crippen LogP contribution in [0.5, 0.6) is 5.75 Å². The molecule has 0 aromatic heterocycles. The van der Waals surface area contributed by atoms with Crippen LogP contribution in [-0.4, -0.2) is 11.1 Å². The summed E-state index contributed by atoms with van der Waals surface area (Å²) >= 11 is 0. The van der Waals surface area contributed by atoms with Crippen molar-refractivity contribution in [1.82, 2.24) is 0 Å². The van der Waals surface area contributed by atoms with Crippen LogP contribution in [0.15, 0.2) is 48.5 Å². The van der Waals surface area contributed by atoms with Gasteiger partial charge in [-0.15, -0.1) is 0 Å². The maximum absolute atomic E-state index is 12.8. The summed E-state index contributed by atoms with van der Waals surface area (Å²) in [6.45, 7) is 0. The van der Waals surface area contributed by atoms with E-state index in [1.807, 2.05) is 0 Å². The summed E-state index contributed by atoms with van der Waals surface area (Å²) in [6, 6.07) is 8.25. The molecule has 116 valence electrons. The molecule has 2 aromatic carbocycles. The number of carbonyl (C=O) groups is 1. The van der Waals surface area contributed by atoms with Gasteiger partial charge in [0.1, 0.15) is 11.6 Å². The van der Waals surface area contributed by atoms with Crippen LogP contribution in [-0.2, 0) is 11.0 Å². The lowest BCUT2D eigenvalue weighted by atomic mass is 10.1. The van der Waals surface area contributed by atoms with Crippen molar-refractivity contribution in [3.05, 3.63) is 65.5 Å². The van der Waals surface area contributed by atoms with Crippen molar-refractivity contribution in [3.63, 3.8) is 0 Å². The number of aliphatic carboxylic acids is 1. The SMILES string of the molecule is O=C(O)[C@@H](Oc1ccc(F)cc1)c1ccc(C(F)(F)F)cc1. The number of carboxylic acids is 1.